The molecule has 0 spiro atoms. The first-order valence-corrected chi connectivity index (χ1v) is 10.1. The number of sulfonamides is 1. The molecular formula is C19H21N3O4S. The molecule has 2 aromatic carbocycles. The summed E-state index contributed by atoms with van der Waals surface area (Å²) in [5.41, 5.74) is 6.25. The summed E-state index contributed by atoms with van der Waals surface area (Å²) in [6.45, 7) is 1.01. The SMILES string of the molecule is NC(=O)c1ccc(NC(=O)c2cccc(S(=O)(=O)N3CCCCC3)c2)cc1. The van der Waals surface area contributed by atoms with E-state index in [0.717, 1.165) is 19.3 Å². The molecule has 2 aromatic rings. The van der Waals surface area contributed by atoms with Gasteiger partial charge in [0.15, 0.2) is 0 Å². The van der Waals surface area contributed by atoms with Crippen LogP contribution in [-0.4, -0.2) is 37.6 Å². The van der Waals surface area contributed by atoms with Gasteiger partial charge in [-0.2, -0.15) is 4.31 Å². The van der Waals surface area contributed by atoms with Crippen molar-refractivity contribution in [2.45, 2.75) is 24.2 Å². The monoisotopic (exact) mass is 387 g/mol. The third-order valence-electron chi connectivity index (χ3n) is 4.48. The third-order valence-corrected chi connectivity index (χ3v) is 6.37. The topological polar surface area (TPSA) is 110 Å². The number of benzene rings is 2. The highest BCUT2D eigenvalue weighted by molar-refractivity contribution is 7.89. The third kappa shape index (κ3) is 4.35. The normalized spacial score (nSPS) is 15.3. The molecule has 0 aromatic heterocycles. The molecule has 1 aliphatic heterocycles. The van der Waals surface area contributed by atoms with Crippen molar-refractivity contribution < 1.29 is 18.0 Å². The summed E-state index contributed by atoms with van der Waals surface area (Å²) in [6.07, 6.45) is 2.73. The predicted molar refractivity (Wildman–Crippen MR) is 102 cm³/mol. The maximum Gasteiger partial charge on any atom is 0.255 e. The Morgan fingerprint density at radius 1 is 0.926 bits per heavy atom. The zero-order valence-corrected chi connectivity index (χ0v) is 15.5. The minimum Gasteiger partial charge on any atom is -0.366 e. The molecule has 0 saturated carbocycles. The molecule has 142 valence electrons. The zero-order chi connectivity index (χ0) is 19.4. The molecule has 0 radical (unpaired) electrons. The largest absolute Gasteiger partial charge is 0.366 e. The number of nitrogens with zero attached hydrogens (tertiary/aromatic N) is 1. The van der Waals surface area contributed by atoms with Crippen LogP contribution in [0.4, 0.5) is 5.69 Å². The molecule has 3 rings (SSSR count). The van der Waals surface area contributed by atoms with Gasteiger partial charge >= 0.3 is 0 Å². The van der Waals surface area contributed by atoms with Crippen molar-refractivity contribution in [1.29, 1.82) is 0 Å². The molecule has 1 fully saturated rings. The van der Waals surface area contributed by atoms with Gasteiger partial charge in [0, 0.05) is 29.9 Å². The van der Waals surface area contributed by atoms with Crippen molar-refractivity contribution in [3.8, 4) is 0 Å². The van der Waals surface area contributed by atoms with Gasteiger partial charge in [0.2, 0.25) is 15.9 Å². The number of anilines is 1. The minimum atomic E-state index is -3.60. The number of hydrogen-bond donors (Lipinski definition) is 2. The van der Waals surface area contributed by atoms with Crippen LogP contribution in [0.1, 0.15) is 40.0 Å². The number of rotatable bonds is 5. The Kier molecular flexibility index (Phi) is 5.57. The van der Waals surface area contributed by atoms with Crippen LogP contribution in [0, 0.1) is 0 Å². The summed E-state index contributed by atoms with van der Waals surface area (Å²) in [4.78, 5) is 23.7. The molecule has 0 aliphatic carbocycles. The summed E-state index contributed by atoms with van der Waals surface area (Å²) >= 11 is 0. The molecule has 1 aliphatic rings. The van der Waals surface area contributed by atoms with E-state index in [9.17, 15) is 18.0 Å². The number of nitrogens with two attached hydrogens (primary N) is 1. The Labute approximate surface area is 158 Å². The van der Waals surface area contributed by atoms with Crippen LogP contribution in [0.25, 0.3) is 0 Å². The van der Waals surface area contributed by atoms with E-state index in [1.807, 2.05) is 0 Å². The zero-order valence-electron chi connectivity index (χ0n) is 14.7. The number of hydrogen-bond acceptors (Lipinski definition) is 4. The van der Waals surface area contributed by atoms with E-state index in [0.29, 0.717) is 24.3 Å². The van der Waals surface area contributed by atoms with Gasteiger partial charge in [-0.25, -0.2) is 8.42 Å². The van der Waals surface area contributed by atoms with Crippen LogP contribution >= 0.6 is 0 Å². The fourth-order valence-electron chi connectivity index (χ4n) is 2.97. The Hall–Kier alpha value is -2.71. The maximum atomic E-state index is 12.8. The number of carbonyl (C=O) groups excluding carboxylic acids is 2. The lowest BCUT2D eigenvalue weighted by Crippen LogP contribution is -2.35. The van der Waals surface area contributed by atoms with Gasteiger partial charge in [-0.15, -0.1) is 0 Å². The highest BCUT2D eigenvalue weighted by atomic mass is 32.2. The first-order valence-electron chi connectivity index (χ1n) is 8.69. The fraction of sp³-hybridized carbons (Fsp3) is 0.263. The van der Waals surface area contributed by atoms with E-state index in [1.54, 1.807) is 24.3 Å². The van der Waals surface area contributed by atoms with Gasteiger partial charge in [0.25, 0.3) is 5.91 Å². The number of primary amides is 1. The highest BCUT2D eigenvalue weighted by Crippen LogP contribution is 2.22. The van der Waals surface area contributed by atoms with Crippen LogP contribution in [0.5, 0.6) is 0 Å². The van der Waals surface area contributed by atoms with Gasteiger partial charge in [0.1, 0.15) is 0 Å². The van der Waals surface area contributed by atoms with Crippen molar-refractivity contribution in [3.63, 3.8) is 0 Å². The molecule has 3 N–H and O–H groups in total. The Balaban J connectivity index is 1.78. The fourth-order valence-corrected chi connectivity index (χ4v) is 4.54. The quantitative estimate of drug-likeness (QED) is 0.819. The highest BCUT2D eigenvalue weighted by Gasteiger charge is 2.26. The van der Waals surface area contributed by atoms with E-state index < -0.39 is 21.8 Å². The van der Waals surface area contributed by atoms with Crippen LogP contribution in [0.15, 0.2) is 53.4 Å². The summed E-state index contributed by atoms with van der Waals surface area (Å²) in [6, 6.07) is 12.1. The predicted octanol–water partition coefficient (Wildman–Crippen LogP) is 2.21. The van der Waals surface area contributed by atoms with Crippen LogP contribution in [0.2, 0.25) is 0 Å². The molecule has 1 heterocycles. The number of nitrogens with one attached hydrogen (secondary N) is 1. The molecule has 7 nitrogen and oxygen atoms in total. The summed E-state index contributed by atoms with van der Waals surface area (Å²) < 4.78 is 27.0. The lowest BCUT2D eigenvalue weighted by molar-refractivity contribution is 0.0998. The second kappa shape index (κ2) is 7.89. The molecule has 1 saturated heterocycles. The smallest absolute Gasteiger partial charge is 0.255 e. The van der Waals surface area contributed by atoms with Gasteiger partial charge in [-0.3, -0.25) is 9.59 Å². The van der Waals surface area contributed by atoms with Crippen LogP contribution in [-0.2, 0) is 10.0 Å². The second-order valence-electron chi connectivity index (χ2n) is 6.39. The number of amides is 2. The lowest BCUT2D eigenvalue weighted by atomic mass is 10.2. The molecule has 0 unspecified atom stereocenters. The lowest BCUT2D eigenvalue weighted by Gasteiger charge is -2.26. The first-order chi connectivity index (χ1) is 12.9. The van der Waals surface area contributed by atoms with Gasteiger partial charge in [-0.05, 0) is 55.3 Å². The molecule has 27 heavy (non-hydrogen) atoms. The number of piperidine rings is 1. The van der Waals surface area contributed by atoms with Crippen molar-refractivity contribution in [2.75, 3.05) is 18.4 Å². The maximum absolute atomic E-state index is 12.8. The molecule has 8 heteroatoms. The van der Waals surface area contributed by atoms with Crippen molar-refractivity contribution >= 4 is 27.5 Å². The molecule has 2 amide bonds. The standard InChI is InChI=1S/C19H21N3O4S/c20-18(23)14-7-9-16(10-8-14)21-19(24)15-5-4-6-17(13-15)27(25,26)22-11-2-1-3-12-22/h4-10,13H,1-3,11-12H2,(H2,20,23)(H,21,24). The summed E-state index contributed by atoms with van der Waals surface area (Å²) in [7, 11) is -3.60. The van der Waals surface area contributed by atoms with Crippen LogP contribution in [0.3, 0.4) is 0 Å². The average Bonchev–Trinajstić information content (AvgIpc) is 2.69. The van der Waals surface area contributed by atoms with E-state index in [1.165, 1.54) is 28.6 Å². The van der Waals surface area contributed by atoms with Crippen molar-refractivity contribution in [2.24, 2.45) is 5.73 Å². The first kappa shape index (κ1) is 19.1. The molecule has 0 bridgehead atoms. The van der Waals surface area contributed by atoms with E-state index in [4.69, 9.17) is 5.73 Å². The Morgan fingerprint density at radius 2 is 1.59 bits per heavy atom. The number of carbonyl (C=O) groups is 2. The summed E-state index contributed by atoms with van der Waals surface area (Å²) in [5.74, 6) is -0.985. The Morgan fingerprint density at radius 3 is 2.22 bits per heavy atom. The van der Waals surface area contributed by atoms with Gasteiger partial charge in [-0.1, -0.05) is 12.5 Å². The van der Waals surface area contributed by atoms with E-state index in [2.05, 4.69) is 5.32 Å². The second-order valence-corrected chi connectivity index (χ2v) is 8.33. The minimum absolute atomic E-state index is 0.112. The van der Waals surface area contributed by atoms with E-state index in [-0.39, 0.29) is 10.5 Å². The van der Waals surface area contributed by atoms with Crippen LogP contribution < -0.4 is 11.1 Å². The Bertz CT molecular complexity index is 949. The van der Waals surface area contributed by atoms with Crippen molar-refractivity contribution in [1.82, 2.24) is 4.31 Å². The average molecular weight is 387 g/mol. The van der Waals surface area contributed by atoms with Gasteiger partial charge in [0.05, 0.1) is 4.90 Å². The molecule has 0 atom stereocenters. The molecular weight excluding hydrogens is 366 g/mol. The van der Waals surface area contributed by atoms with Crippen molar-refractivity contribution in [3.05, 3.63) is 59.7 Å². The summed E-state index contributed by atoms with van der Waals surface area (Å²) in [5, 5.41) is 2.68. The van der Waals surface area contributed by atoms with E-state index >= 15 is 0 Å². The van der Waals surface area contributed by atoms with Gasteiger partial charge < -0.3 is 11.1 Å².